The van der Waals surface area contributed by atoms with Crippen molar-refractivity contribution in [1.82, 2.24) is 0 Å². The second-order valence-electron chi connectivity index (χ2n) is 3.86. The van der Waals surface area contributed by atoms with Gasteiger partial charge in [0.2, 0.25) is 0 Å². The minimum absolute atomic E-state index is 0.0967. The van der Waals surface area contributed by atoms with Crippen LogP contribution in [0.25, 0.3) is 0 Å². The number of aryl methyl sites for hydroxylation is 1. The Morgan fingerprint density at radius 2 is 2.18 bits per heavy atom. The highest BCUT2D eigenvalue weighted by molar-refractivity contribution is 5.66. The van der Waals surface area contributed by atoms with E-state index in [1.807, 2.05) is 6.92 Å². The maximum atomic E-state index is 13.7. The topological polar surface area (TPSA) is 46.5 Å². The van der Waals surface area contributed by atoms with E-state index in [1.165, 1.54) is 13.2 Å². The van der Waals surface area contributed by atoms with Gasteiger partial charge in [0.25, 0.3) is 0 Å². The summed E-state index contributed by atoms with van der Waals surface area (Å²) in [5.41, 5.74) is 1.34. The molecule has 0 fully saturated rings. The van der Waals surface area contributed by atoms with Crippen molar-refractivity contribution in [2.45, 2.75) is 32.6 Å². The smallest absolute Gasteiger partial charge is 0.303 e. The molecule has 0 aromatic heterocycles. The van der Waals surface area contributed by atoms with Crippen molar-refractivity contribution in [2.75, 3.05) is 7.11 Å². The summed E-state index contributed by atoms with van der Waals surface area (Å²) in [7, 11) is 1.51. The van der Waals surface area contributed by atoms with Gasteiger partial charge in [0.1, 0.15) is 11.6 Å². The van der Waals surface area contributed by atoms with Crippen LogP contribution in [0.2, 0.25) is 0 Å². The van der Waals surface area contributed by atoms with Crippen molar-refractivity contribution in [2.24, 2.45) is 0 Å². The molecule has 0 aliphatic heterocycles. The Bertz CT molecular complexity index is 402. The van der Waals surface area contributed by atoms with Gasteiger partial charge < -0.3 is 9.84 Å². The van der Waals surface area contributed by atoms with E-state index < -0.39 is 5.97 Å². The molecule has 3 nitrogen and oxygen atoms in total. The minimum atomic E-state index is -0.831. The summed E-state index contributed by atoms with van der Waals surface area (Å²) in [5, 5.41) is 8.53. The van der Waals surface area contributed by atoms with Gasteiger partial charge in [-0.05, 0) is 37.0 Å². The lowest BCUT2D eigenvalue weighted by molar-refractivity contribution is -0.137. The van der Waals surface area contributed by atoms with E-state index in [9.17, 15) is 9.18 Å². The first kappa shape index (κ1) is 13.5. The van der Waals surface area contributed by atoms with Gasteiger partial charge >= 0.3 is 5.97 Å². The molecule has 17 heavy (non-hydrogen) atoms. The number of benzene rings is 1. The zero-order valence-corrected chi connectivity index (χ0v) is 10.1. The number of ether oxygens (including phenoxy) is 1. The van der Waals surface area contributed by atoms with Crippen LogP contribution < -0.4 is 4.74 Å². The first-order chi connectivity index (χ1) is 8.08. The molecule has 0 bridgehead atoms. The van der Waals surface area contributed by atoms with Crippen LogP contribution in [0.4, 0.5) is 4.39 Å². The summed E-state index contributed by atoms with van der Waals surface area (Å²) in [6.45, 7) is 1.87. The van der Waals surface area contributed by atoms with Crippen molar-refractivity contribution < 1.29 is 19.0 Å². The number of carboxylic acids is 1. The van der Waals surface area contributed by atoms with Crippen molar-refractivity contribution in [3.05, 3.63) is 29.1 Å². The van der Waals surface area contributed by atoms with E-state index in [0.29, 0.717) is 30.6 Å². The Hall–Kier alpha value is -1.58. The first-order valence-corrected chi connectivity index (χ1v) is 5.65. The van der Waals surface area contributed by atoms with E-state index >= 15 is 0 Å². The molecular formula is C13H17FO3. The standard InChI is InChI=1S/C13H17FO3/c1-3-10-11(14)7-9(8-12(10)17-2)5-4-6-13(15)16/h7-8H,3-6H2,1-2H3,(H,15,16). The molecule has 0 saturated carbocycles. The van der Waals surface area contributed by atoms with Gasteiger partial charge in [0, 0.05) is 12.0 Å². The summed E-state index contributed by atoms with van der Waals surface area (Å²) in [6.07, 6.45) is 1.72. The molecule has 0 atom stereocenters. The summed E-state index contributed by atoms with van der Waals surface area (Å²) >= 11 is 0. The van der Waals surface area contributed by atoms with Gasteiger partial charge in [0.05, 0.1) is 7.11 Å². The fourth-order valence-corrected chi connectivity index (χ4v) is 1.78. The van der Waals surface area contributed by atoms with Crippen molar-refractivity contribution >= 4 is 5.97 Å². The lowest BCUT2D eigenvalue weighted by Gasteiger charge is -2.10. The number of carboxylic acid groups (broad SMARTS) is 1. The molecule has 0 amide bonds. The predicted octanol–water partition coefficient (Wildman–Crippen LogP) is 2.80. The number of methoxy groups -OCH3 is 1. The number of hydrogen-bond acceptors (Lipinski definition) is 2. The fraction of sp³-hybridized carbons (Fsp3) is 0.462. The van der Waals surface area contributed by atoms with Crippen LogP contribution in [-0.2, 0) is 17.6 Å². The first-order valence-electron chi connectivity index (χ1n) is 5.65. The van der Waals surface area contributed by atoms with Crippen molar-refractivity contribution in [1.29, 1.82) is 0 Å². The van der Waals surface area contributed by atoms with Crippen LogP contribution in [0.15, 0.2) is 12.1 Å². The SMILES string of the molecule is CCc1c(F)cc(CCCC(=O)O)cc1OC. The molecule has 0 saturated heterocycles. The van der Waals surface area contributed by atoms with Crippen LogP contribution in [-0.4, -0.2) is 18.2 Å². The monoisotopic (exact) mass is 240 g/mol. The van der Waals surface area contributed by atoms with E-state index in [2.05, 4.69) is 0 Å². The van der Waals surface area contributed by atoms with Gasteiger partial charge in [0.15, 0.2) is 0 Å². The number of halogens is 1. The Morgan fingerprint density at radius 3 is 2.71 bits per heavy atom. The summed E-state index contributed by atoms with van der Waals surface area (Å²) in [6, 6.07) is 3.24. The zero-order valence-electron chi connectivity index (χ0n) is 10.1. The van der Waals surface area contributed by atoms with Crippen LogP contribution in [0.3, 0.4) is 0 Å². The van der Waals surface area contributed by atoms with Gasteiger partial charge in [-0.3, -0.25) is 4.79 Å². The maximum absolute atomic E-state index is 13.7. The van der Waals surface area contributed by atoms with E-state index in [-0.39, 0.29) is 12.2 Å². The van der Waals surface area contributed by atoms with Crippen molar-refractivity contribution in [3.8, 4) is 5.75 Å². The van der Waals surface area contributed by atoms with Crippen LogP contribution in [0.5, 0.6) is 5.75 Å². The molecule has 0 aliphatic rings. The third-order valence-corrected chi connectivity index (χ3v) is 2.64. The van der Waals surface area contributed by atoms with Gasteiger partial charge in [-0.25, -0.2) is 4.39 Å². The Kier molecular flexibility index (Phi) is 4.94. The van der Waals surface area contributed by atoms with Gasteiger partial charge in [-0.1, -0.05) is 6.92 Å². The fourth-order valence-electron chi connectivity index (χ4n) is 1.78. The molecule has 0 unspecified atom stereocenters. The molecule has 1 aromatic carbocycles. The second kappa shape index (κ2) is 6.23. The Morgan fingerprint density at radius 1 is 1.47 bits per heavy atom. The molecule has 0 radical (unpaired) electrons. The number of aliphatic carboxylic acids is 1. The number of hydrogen-bond donors (Lipinski definition) is 1. The molecule has 0 spiro atoms. The van der Waals surface area contributed by atoms with Crippen molar-refractivity contribution in [3.63, 3.8) is 0 Å². The highest BCUT2D eigenvalue weighted by atomic mass is 19.1. The molecular weight excluding hydrogens is 223 g/mol. The molecule has 1 rings (SSSR count). The van der Waals surface area contributed by atoms with Crippen LogP contribution in [0, 0.1) is 5.82 Å². The van der Waals surface area contributed by atoms with Gasteiger partial charge in [-0.2, -0.15) is 0 Å². The third kappa shape index (κ3) is 3.73. The zero-order chi connectivity index (χ0) is 12.8. The third-order valence-electron chi connectivity index (χ3n) is 2.64. The Labute approximate surface area is 100 Å². The highest BCUT2D eigenvalue weighted by Gasteiger charge is 2.10. The quantitative estimate of drug-likeness (QED) is 0.831. The normalized spacial score (nSPS) is 10.3. The summed E-state index contributed by atoms with van der Waals surface area (Å²) in [5.74, 6) is -0.572. The van der Waals surface area contributed by atoms with E-state index in [4.69, 9.17) is 9.84 Å². The Balaban J connectivity index is 2.80. The molecule has 0 heterocycles. The molecule has 1 aromatic rings. The molecule has 0 aliphatic carbocycles. The largest absolute Gasteiger partial charge is 0.496 e. The average molecular weight is 240 g/mol. The molecule has 1 N–H and O–H groups in total. The summed E-state index contributed by atoms with van der Waals surface area (Å²) < 4.78 is 18.8. The maximum Gasteiger partial charge on any atom is 0.303 e. The van der Waals surface area contributed by atoms with Crippen LogP contribution in [0.1, 0.15) is 30.9 Å². The lowest BCUT2D eigenvalue weighted by atomic mass is 10.0. The minimum Gasteiger partial charge on any atom is -0.496 e. The van der Waals surface area contributed by atoms with Crippen LogP contribution >= 0.6 is 0 Å². The number of carbonyl (C=O) groups is 1. The lowest BCUT2D eigenvalue weighted by Crippen LogP contribution is -1.99. The predicted molar refractivity (Wildman–Crippen MR) is 62.9 cm³/mol. The second-order valence-corrected chi connectivity index (χ2v) is 3.86. The summed E-state index contributed by atoms with van der Waals surface area (Å²) in [4.78, 5) is 10.4. The highest BCUT2D eigenvalue weighted by Crippen LogP contribution is 2.25. The average Bonchev–Trinajstić information content (AvgIpc) is 2.27. The molecule has 4 heteroatoms. The molecule has 94 valence electrons. The van der Waals surface area contributed by atoms with E-state index in [0.717, 1.165) is 5.56 Å². The van der Waals surface area contributed by atoms with E-state index in [1.54, 1.807) is 6.07 Å². The van der Waals surface area contributed by atoms with Gasteiger partial charge in [-0.15, -0.1) is 0 Å². The number of rotatable bonds is 6.